The minimum atomic E-state index is -0.205. The van der Waals surface area contributed by atoms with E-state index in [9.17, 15) is 9.59 Å². The third-order valence-electron chi connectivity index (χ3n) is 6.23. The summed E-state index contributed by atoms with van der Waals surface area (Å²) in [5.41, 5.74) is 0.798. The van der Waals surface area contributed by atoms with Crippen LogP contribution in [0.25, 0.3) is 0 Å². The lowest BCUT2D eigenvalue weighted by Gasteiger charge is -2.32. The normalized spacial score (nSPS) is 20.3. The minimum absolute atomic E-state index is 0.00461. The maximum atomic E-state index is 13.0. The molecule has 0 saturated carbocycles. The molecule has 3 aromatic rings. The summed E-state index contributed by atoms with van der Waals surface area (Å²) >= 11 is 0. The van der Waals surface area contributed by atoms with Crippen molar-refractivity contribution in [2.45, 2.75) is 25.3 Å². The van der Waals surface area contributed by atoms with E-state index in [4.69, 9.17) is 4.74 Å². The zero-order valence-corrected chi connectivity index (χ0v) is 18.8. The first-order chi connectivity index (χ1) is 16.7. The first-order valence-electron chi connectivity index (χ1n) is 11.6. The van der Waals surface area contributed by atoms with Crippen LogP contribution in [0.3, 0.4) is 0 Å². The van der Waals surface area contributed by atoms with Crippen molar-refractivity contribution in [2.24, 2.45) is 5.92 Å². The monoisotopic (exact) mass is 457 g/mol. The second-order valence-electron chi connectivity index (χ2n) is 8.66. The van der Waals surface area contributed by atoms with Crippen molar-refractivity contribution in [3.8, 4) is 11.5 Å². The van der Waals surface area contributed by atoms with Crippen LogP contribution in [0.15, 0.2) is 73.1 Å². The highest BCUT2D eigenvalue weighted by Crippen LogP contribution is 2.27. The van der Waals surface area contributed by atoms with Crippen molar-refractivity contribution < 1.29 is 14.3 Å². The minimum Gasteiger partial charge on any atom is -0.457 e. The van der Waals surface area contributed by atoms with Gasteiger partial charge < -0.3 is 19.9 Å². The second-order valence-corrected chi connectivity index (χ2v) is 8.66. The van der Waals surface area contributed by atoms with Gasteiger partial charge in [0.1, 0.15) is 11.5 Å². The first-order valence-corrected chi connectivity index (χ1v) is 11.6. The molecule has 2 aromatic carbocycles. The summed E-state index contributed by atoms with van der Waals surface area (Å²) in [6.07, 6.45) is 5.45. The van der Waals surface area contributed by atoms with Crippen LogP contribution < -0.4 is 19.9 Å². The van der Waals surface area contributed by atoms with E-state index >= 15 is 0 Å². The molecular weight excluding hydrogens is 430 g/mol. The van der Waals surface area contributed by atoms with E-state index in [0.717, 1.165) is 30.8 Å². The Morgan fingerprint density at radius 3 is 2.44 bits per heavy atom. The summed E-state index contributed by atoms with van der Waals surface area (Å²) in [5, 5.41) is 3.10. The van der Waals surface area contributed by atoms with Crippen LogP contribution in [-0.2, 0) is 9.59 Å². The average molecular weight is 458 g/mol. The molecule has 8 nitrogen and oxygen atoms in total. The summed E-state index contributed by atoms with van der Waals surface area (Å²) in [4.78, 5) is 38.0. The van der Waals surface area contributed by atoms with E-state index < -0.39 is 0 Å². The van der Waals surface area contributed by atoms with E-state index in [1.807, 2.05) is 54.6 Å². The molecule has 1 N–H and O–H groups in total. The number of anilines is 2. The van der Waals surface area contributed by atoms with E-state index in [1.54, 1.807) is 23.4 Å². The molecule has 2 atom stereocenters. The molecule has 0 radical (unpaired) electrons. The van der Waals surface area contributed by atoms with Gasteiger partial charge in [-0.2, -0.15) is 0 Å². The Morgan fingerprint density at radius 2 is 1.68 bits per heavy atom. The summed E-state index contributed by atoms with van der Waals surface area (Å²) in [6.45, 7) is 1.89. The Kier molecular flexibility index (Phi) is 6.38. The molecule has 5 rings (SSSR count). The fraction of sp³-hybridized carbons (Fsp3) is 0.308. The topological polar surface area (TPSA) is 87.7 Å². The van der Waals surface area contributed by atoms with Crippen molar-refractivity contribution in [3.05, 3.63) is 73.1 Å². The van der Waals surface area contributed by atoms with Crippen molar-refractivity contribution in [1.82, 2.24) is 15.3 Å². The van der Waals surface area contributed by atoms with Gasteiger partial charge in [-0.15, -0.1) is 0 Å². The van der Waals surface area contributed by atoms with Crippen LogP contribution in [-0.4, -0.2) is 47.5 Å². The molecule has 2 aliphatic heterocycles. The molecule has 2 unspecified atom stereocenters. The number of carbonyl (C=O) groups excluding carboxylic acids is 2. The van der Waals surface area contributed by atoms with Crippen LogP contribution in [0.1, 0.15) is 19.3 Å². The molecule has 1 aromatic heterocycles. The van der Waals surface area contributed by atoms with Gasteiger partial charge in [0, 0.05) is 44.1 Å². The molecule has 8 heteroatoms. The number of amides is 2. The third kappa shape index (κ3) is 5.01. The average Bonchev–Trinajstić information content (AvgIpc) is 3.25. The number of para-hydroxylation sites is 1. The maximum absolute atomic E-state index is 13.0. The number of carbonyl (C=O) groups is 2. The number of benzene rings is 2. The Labute approximate surface area is 198 Å². The van der Waals surface area contributed by atoms with Gasteiger partial charge in [-0.25, -0.2) is 9.97 Å². The van der Waals surface area contributed by atoms with E-state index in [1.165, 1.54) is 0 Å². The number of hydrogen-bond donors (Lipinski definition) is 1. The van der Waals surface area contributed by atoms with Crippen LogP contribution in [0.4, 0.5) is 11.6 Å². The highest BCUT2D eigenvalue weighted by Gasteiger charge is 2.34. The fourth-order valence-electron chi connectivity index (χ4n) is 4.52. The number of piperidine rings is 1. The Bertz CT molecular complexity index is 1120. The van der Waals surface area contributed by atoms with Crippen LogP contribution in [0.5, 0.6) is 11.5 Å². The molecule has 2 amide bonds. The number of ether oxygens (including phenoxy) is 1. The van der Waals surface area contributed by atoms with Gasteiger partial charge in [0.25, 0.3) is 0 Å². The molecule has 2 saturated heterocycles. The molecule has 0 aliphatic carbocycles. The van der Waals surface area contributed by atoms with Crippen molar-refractivity contribution in [1.29, 1.82) is 0 Å². The summed E-state index contributed by atoms with van der Waals surface area (Å²) in [5.74, 6) is 1.97. The predicted molar refractivity (Wildman–Crippen MR) is 129 cm³/mol. The standard InChI is InChI=1S/C26H27N5O3/c32-24-16-20(29-25(33)19-6-4-15-30(17-19)26-27-13-5-14-28-26)18-31(24)21-9-11-23(12-10-21)34-22-7-2-1-3-8-22/h1-3,5,7-14,19-20H,4,6,15-18H2,(H,29,33). The Hall–Kier alpha value is -3.94. The first kappa shape index (κ1) is 21.9. The quantitative estimate of drug-likeness (QED) is 0.610. The number of rotatable bonds is 6. The van der Waals surface area contributed by atoms with Gasteiger partial charge in [0.05, 0.1) is 12.0 Å². The lowest BCUT2D eigenvalue weighted by atomic mass is 9.97. The predicted octanol–water partition coefficient (Wildman–Crippen LogP) is 3.41. The smallest absolute Gasteiger partial charge is 0.229 e. The van der Waals surface area contributed by atoms with Crippen molar-refractivity contribution in [3.63, 3.8) is 0 Å². The molecule has 0 bridgehead atoms. The van der Waals surface area contributed by atoms with Crippen molar-refractivity contribution >= 4 is 23.5 Å². The maximum Gasteiger partial charge on any atom is 0.229 e. The number of nitrogens with one attached hydrogen (secondary N) is 1. The van der Waals surface area contributed by atoms with Crippen LogP contribution in [0.2, 0.25) is 0 Å². The third-order valence-corrected chi connectivity index (χ3v) is 6.23. The van der Waals surface area contributed by atoms with Gasteiger partial charge in [0.15, 0.2) is 0 Å². The van der Waals surface area contributed by atoms with E-state index in [2.05, 4.69) is 20.2 Å². The van der Waals surface area contributed by atoms with Crippen molar-refractivity contribution in [2.75, 3.05) is 29.4 Å². The van der Waals surface area contributed by atoms with E-state index in [-0.39, 0.29) is 23.8 Å². The fourth-order valence-corrected chi connectivity index (χ4v) is 4.52. The number of nitrogens with zero attached hydrogens (tertiary/aromatic N) is 4. The lowest BCUT2D eigenvalue weighted by Crippen LogP contribution is -2.47. The molecule has 2 fully saturated rings. The lowest BCUT2D eigenvalue weighted by molar-refractivity contribution is -0.125. The van der Waals surface area contributed by atoms with Gasteiger partial charge >= 0.3 is 0 Å². The van der Waals surface area contributed by atoms with E-state index in [0.29, 0.717) is 31.2 Å². The van der Waals surface area contributed by atoms with Gasteiger partial charge in [0.2, 0.25) is 17.8 Å². The number of aromatic nitrogens is 2. The van der Waals surface area contributed by atoms with Crippen LogP contribution >= 0.6 is 0 Å². The molecule has 2 aliphatic rings. The Morgan fingerprint density at radius 1 is 0.941 bits per heavy atom. The Balaban J connectivity index is 1.17. The molecule has 174 valence electrons. The zero-order valence-electron chi connectivity index (χ0n) is 18.8. The SMILES string of the molecule is O=C(NC1CC(=O)N(c2ccc(Oc3ccccc3)cc2)C1)C1CCCN(c2ncccn2)C1. The molecule has 0 spiro atoms. The highest BCUT2D eigenvalue weighted by molar-refractivity contribution is 5.97. The number of hydrogen-bond acceptors (Lipinski definition) is 6. The van der Waals surface area contributed by atoms with Gasteiger partial charge in [-0.1, -0.05) is 18.2 Å². The largest absolute Gasteiger partial charge is 0.457 e. The van der Waals surface area contributed by atoms with Gasteiger partial charge in [-0.05, 0) is 55.3 Å². The summed E-state index contributed by atoms with van der Waals surface area (Å²) < 4.78 is 5.83. The molecular formula is C26H27N5O3. The van der Waals surface area contributed by atoms with Crippen LogP contribution in [0, 0.1) is 5.92 Å². The molecule has 3 heterocycles. The highest BCUT2D eigenvalue weighted by atomic mass is 16.5. The van der Waals surface area contributed by atoms with Gasteiger partial charge in [-0.3, -0.25) is 9.59 Å². The summed E-state index contributed by atoms with van der Waals surface area (Å²) in [6, 6.07) is 18.6. The zero-order chi connectivity index (χ0) is 23.3. The molecule has 34 heavy (non-hydrogen) atoms. The summed E-state index contributed by atoms with van der Waals surface area (Å²) in [7, 11) is 0. The second kappa shape index (κ2) is 9.91.